The second-order valence-electron chi connectivity index (χ2n) is 6.13. The van der Waals surface area contributed by atoms with Crippen molar-refractivity contribution >= 4 is 11.9 Å². The Balaban J connectivity index is 1.93. The summed E-state index contributed by atoms with van der Waals surface area (Å²) in [6.45, 7) is 6.54. The van der Waals surface area contributed by atoms with Gasteiger partial charge >= 0.3 is 5.97 Å². The Kier molecular flexibility index (Phi) is 7.21. The number of hydrogen-bond acceptors (Lipinski definition) is 4. The molecule has 0 N–H and O–H groups in total. The van der Waals surface area contributed by atoms with E-state index in [9.17, 15) is 9.59 Å². The summed E-state index contributed by atoms with van der Waals surface area (Å²) in [5, 5.41) is 0. The summed E-state index contributed by atoms with van der Waals surface area (Å²) in [5.74, 6) is -0.0538. The molecule has 5 nitrogen and oxygen atoms in total. The largest absolute Gasteiger partial charge is 0.494 e. The van der Waals surface area contributed by atoms with Crippen LogP contribution in [0.2, 0.25) is 0 Å². The minimum Gasteiger partial charge on any atom is -0.494 e. The van der Waals surface area contributed by atoms with E-state index in [1.165, 1.54) is 0 Å². The van der Waals surface area contributed by atoms with Gasteiger partial charge < -0.3 is 14.4 Å². The summed E-state index contributed by atoms with van der Waals surface area (Å²) in [7, 11) is 0. The van der Waals surface area contributed by atoms with Gasteiger partial charge in [-0.1, -0.05) is 30.3 Å². The van der Waals surface area contributed by atoms with Crippen molar-refractivity contribution in [3.63, 3.8) is 0 Å². The second kappa shape index (κ2) is 9.61. The third-order valence-corrected chi connectivity index (χ3v) is 3.87. The molecule has 0 aromatic heterocycles. The summed E-state index contributed by atoms with van der Waals surface area (Å²) < 4.78 is 10.5. The molecule has 2 aromatic rings. The van der Waals surface area contributed by atoms with Gasteiger partial charge in [0.1, 0.15) is 5.75 Å². The van der Waals surface area contributed by atoms with Crippen molar-refractivity contribution in [3.8, 4) is 5.75 Å². The Morgan fingerprint density at radius 3 is 2.23 bits per heavy atom. The minimum absolute atomic E-state index is 0.00637. The topological polar surface area (TPSA) is 55.8 Å². The van der Waals surface area contributed by atoms with E-state index in [2.05, 4.69) is 0 Å². The number of esters is 1. The van der Waals surface area contributed by atoms with E-state index < -0.39 is 5.97 Å². The molecule has 0 spiro atoms. The van der Waals surface area contributed by atoms with E-state index in [-0.39, 0.29) is 18.6 Å². The summed E-state index contributed by atoms with van der Waals surface area (Å²) >= 11 is 0. The molecule has 0 aliphatic heterocycles. The van der Waals surface area contributed by atoms with Gasteiger partial charge in [0.2, 0.25) is 0 Å². The van der Waals surface area contributed by atoms with E-state index in [1.807, 2.05) is 51.1 Å². The SMILES string of the molecule is CCOc1ccc(C(=O)OCC(=O)N(Cc2ccccc2)C(C)C)cc1. The van der Waals surface area contributed by atoms with Crippen LogP contribution in [0.25, 0.3) is 0 Å². The van der Waals surface area contributed by atoms with E-state index in [0.717, 1.165) is 5.56 Å². The molecule has 26 heavy (non-hydrogen) atoms. The predicted octanol–water partition coefficient (Wildman–Crippen LogP) is 3.68. The number of ether oxygens (including phenoxy) is 2. The first-order chi connectivity index (χ1) is 12.5. The summed E-state index contributed by atoms with van der Waals surface area (Å²) in [6.07, 6.45) is 0. The van der Waals surface area contributed by atoms with Crippen LogP contribution in [0.3, 0.4) is 0 Å². The highest BCUT2D eigenvalue weighted by Crippen LogP contribution is 2.13. The predicted molar refractivity (Wildman–Crippen MR) is 100 cm³/mol. The molecule has 0 bridgehead atoms. The molecule has 0 heterocycles. The smallest absolute Gasteiger partial charge is 0.338 e. The molecule has 0 radical (unpaired) electrons. The number of nitrogens with zero attached hydrogens (tertiary/aromatic N) is 1. The van der Waals surface area contributed by atoms with Gasteiger partial charge in [0, 0.05) is 12.6 Å². The Labute approximate surface area is 154 Å². The van der Waals surface area contributed by atoms with Crippen LogP contribution in [0.15, 0.2) is 54.6 Å². The number of benzene rings is 2. The lowest BCUT2D eigenvalue weighted by Crippen LogP contribution is -2.39. The monoisotopic (exact) mass is 355 g/mol. The van der Waals surface area contributed by atoms with E-state index in [4.69, 9.17) is 9.47 Å². The number of rotatable bonds is 8. The fourth-order valence-electron chi connectivity index (χ4n) is 2.49. The van der Waals surface area contributed by atoms with Gasteiger partial charge in [-0.15, -0.1) is 0 Å². The Bertz CT molecular complexity index is 711. The first-order valence-electron chi connectivity index (χ1n) is 8.74. The van der Waals surface area contributed by atoms with Crippen LogP contribution in [-0.2, 0) is 16.1 Å². The molecule has 2 aromatic carbocycles. The standard InChI is InChI=1S/C21H25NO4/c1-4-25-19-12-10-18(11-13-19)21(24)26-15-20(23)22(16(2)3)14-17-8-6-5-7-9-17/h5-13,16H,4,14-15H2,1-3H3. The van der Waals surface area contributed by atoms with Crippen LogP contribution in [-0.4, -0.2) is 36.0 Å². The highest BCUT2D eigenvalue weighted by Gasteiger charge is 2.19. The van der Waals surface area contributed by atoms with Crippen molar-refractivity contribution in [1.29, 1.82) is 0 Å². The van der Waals surface area contributed by atoms with Crippen molar-refractivity contribution < 1.29 is 19.1 Å². The summed E-state index contributed by atoms with van der Waals surface area (Å²) in [6, 6.07) is 16.4. The van der Waals surface area contributed by atoms with Crippen molar-refractivity contribution in [1.82, 2.24) is 4.90 Å². The average molecular weight is 355 g/mol. The van der Waals surface area contributed by atoms with Crippen molar-refractivity contribution in [2.75, 3.05) is 13.2 Å². The van der Waals surface area contributed by atoms with Crippen LogP contribution >= 0.6 is 0 Å². The fraction of sp³-hybridized carbons (Fsp3) is 0.333. The van der Waals surface area contributed by atoms with E-state index in [1.54, 1.807) is 29.2 Å². The highest BCUT2D eigenvalue weighted by atomic mass is 16.5. The molecule has 1 amide bonds. The summed E-state index contributed by atoms with van der Waals surface area (Å²) in [5.41, 5.74) is 1.42. The molecule has 0 aliphatic rings. The number of hydrogen-bond donors (Lipinski definition) is 0. The van der Waals surface area contributed by atoms with E-state index >= 15 is 0 Å². The molecule has 0 unspecified atom stereocenters. The average Bonchev–Trinajstić information content (AvgIpc) is 2.65. The first kappa shape index (κ1) is 19.5. The van der Waals surface area contributed by atoms with Gasteiger partial charge in [-0.2, -0.15) is 0 Å². The zero-order valence-corrected chi connectivity index (χ0v) is 15.5. The minimum atomic E-state index is -0.523. The number of carbonyl (C=O) groups excluding carboxylic acids is 2. The lowest BCUT2D eigenvalue weighted by Gasteiger charge is -2.26. The maximum Gasteiger partial charge on any atom is 0.338 e. The molecule has 0 saturated heterocycles. The molecular formula is C21H25NO4. The Morgan fingerprint density at radius 2 is 1.65 bits per heavy atom. The highest BCUT2D eigenvalue weighted by molar-refractivity contribution is 5.91. The first-order valence-corrected chi connectivity index (χ1v) is 8.74. The maximum absolute atomic E-state index is 12.5. The molecule has 5 heteroatoms. The Morgan fingerprint density at radius 1 is 1.00 bits per heavy atom. The maximum atomic E-state index is 12.5. The lowest BCUT2D eigenvalue weighted by atomic mass is 10.2. The Hall–Kier alpha value is -2.82. The van der Waals surface area contributed by atoms with Crippen molar-refractivity contribution in [2.24, 2.45) is 0 Å². The third kappa shape index (κ3) is 5.62. The van der Waals surface area contributed by atoms with Gasteiger partial charge in [-0.25, -0.2) is 4.79 Å². The molecular weight excluding hydrogens is 330 g/mol. The van der Waals surface area contributed by atoms with Crippen LogP contribution in [0.5, 0.6) is 5.75 Å². The van der Waals surface area contributed by atoms with Gasteiger partial charge in [-0.3, -0.25) is 4.79 Å². The van der Waals surface area contributed by atoms with Crippen molar-refractivity contribution in [3.05, 3.63) is 65.7 Å². The zero-order chi connectivity index (χ0) is 18.9. The van der Waals surface area contributed by atoms with Gasteiger partial charge in [0.25, 0.3) is 5.91 Å². The molecule has 0 aliphatic carbocycles. The molecule has 0 atom stereocenters. The van der Waals surface area contributed by atoms with Crippen molar-refractivity contribution in [2.45, 2.75) is 33.4 Å². The lowest BCUT2D eigenvalue weighted by molar-refractivity contribution is -0.136. The second-order valence-corrected chi connectivity index (χ2v) is 6.13. The summed E-state index contributed by atoms with van der Waals surface area (Å²) in [4.78, 5) is 26.3. The quantitative estimate of drug-likeness (QED) is 0.678. The number of carbonyl (C=O) groups is 2. The number of amides is 1. The molecule has 0 saturated carbocycles. The van der Waals surface area contributed by atoms with Gasteiger partial charge in [-0.05, 0) is 50.6 Å². The fourth-order valence-corrected chi connectivity index (χ4v) is 2.49. The van der Waals surface area contributed by atoms with E-state index in [0.29, 0.717) is 24.5 Å². The van der Waals surface area contributed by atoms with Gasteiger partial charge in [0.15, 0.2) is 6.61 Å². The molecule has 2 rings (SSSR count). The van der Waals surface area contributed by atoms with Gasteiger partial charge in [0.05, 0.1) is 12.2 Å². The van der Waals surface area contributed by atoms with Crippen LogP contribution in [0.1, 0.15) is 36.7 Å². The molecule has 0 fully saturated rings. The normalized spacial score (nSPS) is 10.5. The third-order valence-electron chi connectivity index (χ3n) is 3.87. The van der Waals surface area contributed by atoms with Crippen LogP contribution in [0, 0.1) is 0 Å². The zero-order valence-electron chi connectivity index (χ0n) is 15.5. The van der Waals surface area contributed by atoms with Crippen LogP contribution in [0.4, 0.5) is 0 Å². The van der Waals surface area contributed by atoms with Crippen LogP contribution < -0.4 is 4.74 Å². The molecule has 138 valence electrons.